The Morgan fingerprint density at radius 2 is 1.90 bits per heavy atom. The fourth-order valence-corrected chi connectivity index (χ4v) is 4.56. The predicted octanol–water partition coefficient (Wildman–Crippen LogP) is 3.56. The van der Waals surface area contributed by atoms with Gasteiger partial charge in [0.05, 0.1) is 24.7 Å². The fourth-order valence-electron chi connectivity index (χ4n) is 4.56. The third kappa shape index (κ3) is 2.74. The van der Waals surface area contributed by atoms with Gasteiger partial charge >= 0.3 is 5.97 Å². The zero-order chi connectivity index (χ0) is 14.1. The molecule has 0 spiro atoms. The summed E-state index contributed by atoms with van der Waals surface area (Å²) in [6.45, 7) is 5.18. The lowest BCUT2D eigenvalue weighted by molar-refractivity contribution is -0.152. The van der Waals surface area contributed by atoms with Gasteiger partial charge in [-0.3, -0.25) is 4.79 Å². The van der Waals surface area contributed by atoms with Crippen LogP contribution >= 0.6 is 0 Å². The molecule has 2 bridgehead atoms. The Hall–Kier alpha value is -0.570. The van der Waals surface area contributed by atoms with Crippen LogP contribution in [0.3, 0.4) is 0 Å². The van der Waals surface area contributed by atoms with Crippen LogP contribution in [0.4, 0.5) is 0 Å². The van der Waals surface area contributed by atoms with Crippen LogP contribution < -0.4 is 0 Å². The van der Waals surface area contributed by atoms with E-state index in [9.17, 15) is 4.79 Å². The van der Waals surface area contributed by atoms with Gasteiger partial charge < -0.3 is 9.47 Å². The number of carbonyl (C=O) groups excluding carboxylic acids is 1. The van der Waals surface area contributed by atoms with Crippen molar-refractivity contribution in [3.8, 4) is 0 Å². The molecule has 1 aliphatic carbocycles. The highest BCUT2D eigenvalue weighted by Gasteiger charge is 2.45. The van der Waals surface area contributed by atoms with Gasteiger partial charge in [0.2, 0.25) is 0 Å². The lowest BCUT2D eigenvalue weighted by Gasteiger charge is -2.21. The molecule has 20 heavy (non-hydrogen) atoms. The van der Waals surface area contributed by atoms with Crippen LogP contribution in [0.25, 0.3) is 0 Å². The summed E-state index contributed by atoms with van der Waals surface area (Å²) in [4.78, 5) is 12.2. The topological polar surface area (TPSA) is 35.5 Å². The number of esters is 1. The predicted molar refractivity (Wildman–Crippen MR) is 77.2 cm³/mol. The van der Waals surface area contributed by atoms with Crippen LogP contribution in [-0.2, 0) is 14.3 Å². The van der Waals surface area contributed by atoms with Gasteiger partial charge in [0, 0.05) is 0 Å². The van der Waals surface area contributed by atoms with Gasteiger partial charge in [0.25, 0.3) is 0 Å². The fraction of sp³-hybridized carbons (Fsp3) is 0.941. The molecule has 3 aliphatic rings. The molecule has 0 N–H and O–H groups in total. The Morgan fingerprint density at radius 1 is 1.10 bits per heavy atom. The van der Waals surface area contributed by atoms with Crippen LogP contribution in [0, 0.1) is 23.7 Å². The van der Waals surface area contributed by atoms with E-state index in [1.165, 1.54) is 25.7 Å². The second-order valence-electron chi connectivity index (χ2n) is 7.02. The molecular weight excluding hydrogens is 252 g/mol. The maximum atomic E-state index is 12.2. The number of hydrogen-bond donors (Lipinski definition) is 0. The van der Waals surface area contributed by atoms with E-state index in [1.807, 2.05) is 0 Å². The Morgan fingerprint density at radius 3 is 2.50 bits per heavy atom. The third-order valence-corrected chi connectivity index (χ3v) is 5.89. The monoisotopic (exact) mass is 280 g/mol. The summed E-state index contributed by atoms with van der Waals surface area (Å²) in [6.07, 6.45) is 8.61. The molecule has 3 heteroatoms. The number of ether oxygens (including phenoxy) is 2. The van der Waals surface area contributed by atoms with Gasteiger partial charge in [-0.25, -0.2) is 0 Å². The maximum absolute atomic E-state index is 12.2. The molecule has 6 unspecified atom stereocenters. The number of carbonyl (C=O) groups is 1. The van der Waals surface area contributed by atoms with Gasteiger partial charge in [-0.2, -0.15) is 0 Å². The highest BCUT2D eigenvalue weighted by molar-refractivity contribution is 5.73. The molecule has 6 atom stereocenters. The van der Waals surface area contributed by atoms with Crippen molar-refractivity contribution in [2.24, 2.45) is 23.7 Å². The van der Waals surface area contributed by atoms with E-state index >= 15 is 0 Å². The number of rotatable bonds is 5. The smallest absolute Gasteiger partial charge is 0.311 e. The van der Waals surface area contributed by atoms with Crippen molar-refractivity contribution in [3.05, 3.63) is 0 Å². The molecule has 0 aromatic rings. The lowest BCUT2D eigenvalue weighted by Crippen LogP contribution is -2.29. The molecule has 0 amide bonds. The van der Waals surface area contributed by atoms with Crippen LogP contribution in [0.2, 0.25) is 0 Å². The highest BCUT2D eigenvalue weighted by Crippen LogP contribution is 2.41. The molecule has 2 heterocycles. The first-order chi connectivity index (χ1) is 9.71. The lowest BCUT2D eigenvalue weighted by atomic mass is 9.89. The Bertz CT molecular complexity index is 354. The van der Waals surface area contributed by atoms with E-state index in [4.69, 9.17) is 9.47 Å². The van der Waals surface area contributed by atoms with Crippen molar-refractivity contribution in [2.75, 3.05) is 6.61 Å². The largest absolute Gasteiger partial charge is 0.465 e. The zero-order valence-electron chi connectivity index (χ0n) is 12.8. The average Bonchev–Trinajstić information content (AvgIpc) is 3.18. The van der Waals surface area contributed by atoms with E-state index in [-0.39, 0.29) is 18.0 Å². The summed E-state index contributed by atoms with van der Waals surface area (Å²) >= 11 is 0. The Balaban J connectivity index is 1.48. The summed E-state index contributed by atoms with van der Waals surface area (Å²) in [5.41, 5.74) is 0. The van der Waals surface area contributed by atoms with Crippen molar-refractivity contribution < 1.29 is 14.3 Å². The third-order valence-electron chi connectivity index (χ3n) is 5.89. The summed E-state index contributed by atoms with van der Waals surface area (Å²) in [7, 11) is 0. The van der Waals surface area contributed by atoms with Crippen molar-refractivity contribution in [1.82, 2.24) is 0 Å². The molecule has 3 nitrogen and oxygen atoms in total. The first kappa shape index (κ1) is 14.4. The van der Waals surface area contributed by atoms with E-state index in [1.54, 1.807) is 0 Å². The van der Waals surface area contributed by atoms with Crippen LogP contribution in [-0.4, -0.2) is 24.8 Å². The maximum Gasteiger partial charge on any atom is 0.311 e. The van der Waals surface area contributed by atoms with Crippen LogP contribution in [0.5, 0.6) is 0 Å². The molecule has 3 rings (SSSR count). The van der Waals surface area contributed by atoms with Crippen molar-refractivity contribution in [3.63, 3.8) is 0 Å². The average molecular weight is 280 g/mol. The number of hydrogen-bond acceptors (Lipinski definition) is 3. The van der Waals surface area contributed by atoms with E-state index in [0.29, 0.717) is 18.6 Å². The zero-order valence-corrected chi connectivity index (χ0v) is 12.8. The van der Waals surface area contributed by atoms with Crippen LogP contribution in [0.15, 0.2) is 0 Å². The quantitative estimate of drug-likeness (QED) is 0.722. The Kier molecular flexibility index (Phi) is 4.34. The van der Waals surface area contributed by atoms with Crippen molar-refractivity contribution >= 4 is 5.97 Å². The van der Waals surface area contributed by atoms with E-state index in [2.05, 4.69) is 13.8 Å². The second-order valence-corrected chi connectivity index (χ2v) is 7.02. The van der Waals surface area contributed by atoms with Gasteiger partial charge in [-0.1, -0.05) is 26.7 Å². The molecule has 0 aromatic heterocycles. The van der Waals surface area contributed by atoms with Crippen LogP contribution in [0.1, 0.15) is 58.8 Å². The summed E-state index contributed by atoms with van der Waals surface area (Å²) in [6, 6.07) is 0. The minimum Gasteiger partial charge on any atom is -0.465 e. The first-order valence-corrected chi connectivity index (χ1v) is 8.53. The Labute approximate surface area is 122 Å². The van der Waals surface area contributed by atoms with Crippen molar-refractivity contribution in [2.45, 2.75) is 71.0 Å². The van der Waals surface area contributed by atoms with E-state index < -0.39 is 0 Å². The van der Waals surface area contributed by atoms with Crippen molar-refractivity contribution in [1.29, 1.82) is 0 Å². The summed E-state index contributed by atoms with van der Waals surface area (Å²) < 4.78 is 11.4. The van der Waals surface area contributed by atoms with Gasteiger partial charge in [0.1, 0.15) is 0 Å². The summed E-state index contributed by atoms with van der Waals surface area (Å²) in [5.74, 6) is 2.22. The molecular formula is C17H28O3. The highest BCUT2D eigenvalue weighted by atomic mass is 16.5. The van der Waals surface area contributed by atoms with E-state index in [0.717, 1.165) is 31.1 Å². The van der Waals surface area contributed by atoms with Gasteiger partial charge in [-0.15, -0.1) is 0 Å². The SMILES string of the molecule is CCC1CC(CC)C(COC(=O)C2CC3CCC2O3)C1. The molecule has 0 radical (unpaired) electrons. The van der Waals surface area contributed by atoms with Gasteiger partial charge in [-0.05, 0) is 49.9 Å². The first-order valence-electron chi connectivity index (χ1n) is 8.53. The van der Waals surface area contributed by atoms with Gasteiger partial charge in [0.15, 0.2) is 0 Å². The second kappa shape index (κ2) is 6.05. The molecule has 2 aliphatic heterocycles. The summed E-state index contributed by atoms with van der Waals surface area (Å²) in [5, 5.41) is 0. The molecule has 1 saturated carbocycles. The minimum absolute atomic E-state index is 0.00648. The minimum atomic E-state index is 0.00648. The normalized spacial score (nSPS) is 43.1. The molecule has 3 fully saturated rings. The molecule has 114 valence electrons. The molecule has 0 aromatic carbocycles. The number of fused-ring (bicyclic) bond motifs is 2. The standard InChI is InChI=1S/C17H28O3/c1-3-11-7-12(4-2)13(8-11)10-19-17(18)15-9-14-5-6-16(15)20-14/h11-16H,3-10H2,1-2H3. The molecule has 2 saturated heterocycles.